The van der Waals surface area contributed by atoms with Gasteiger partial charge in [-0.15, -0.1) is 0 Å². The first-order chi connectivity index (χ1) is 41.6. The Morgan fingerprint density at radius 1 is 0.286 bits per heavy atom. The standard InChI is InChI=1S/C79H134O5/c1-3-5-7-9-11-13-15-17-19-21-23-25-27-29-31-33-34-35-36-37-38-39-40-41-42-43-44-46-48-50-52-54-56-58-60-62-64-66-68-70-72-74-79(82)84-77(75-80)76-83-78(81)73-71-69-67-65-63-61-59-57-55-53-51-49-47-45-32-30-28-26-24-22-20-18-16-14-12-10-8-6-4-2/h5,7,11,13,17,19,23,25,29,31,34-35,37-38,40-41,43-44,48,50,54,56,77,80H,3-4,6,8-10,12,14-16,18,20-22,24,26-28,30,32-33,36,39,42,45-47,49,51-53,55,57-76H2,1-2H3/b7-5-,13-11-,19-17-,25-23-,31-29-,35-34-,38-37-,41-40-,44-43-,50-48-,56-54-. The van der Waals surface area contributed by atoms with Crippen LogP contribution in [0.25, 0.3) is 0 Å². The van der Waals surface area contributed by atoms with Crippen LogP contribution in [0.5, 0.6) is 0 Å². The van der Waals surface area contributed by atoms with E-state index in [2.05, 4.69) is 148 Å². The number of hydrogen-bond donors (Lipinski definition) is 1. The molecule has 0 aliphatic carbocycles. The van der Waals surface area contributed by atoms with Crippen LogP contribution in [0.1, 0.15) is 335 Å². The zero-order chi connectivity index (χ0) is 60.5. The molecule has 0 bridgehead atoms. The monoisotopic (exact) mass is 1160 g/mol. The summed E-state index contributed by atoms with van der Waals surface area (Å²) in [6.45, 7) is 4.05. The summed E-state index contributed by atoms with van der Waals surface area (Å²) in [6.07, 6.45) is 109. The summed E-state index contributed by atoms with van der Waals surface area (Å²) in [6, 6.07) is 0. The normalized spacial score (nSPS) is 13.0. The highest BCUT2D eigenvalue weighted by atomic mass is 16.6. The first kappa shape index (κ1) is 80.0. The zero-order valence-corrected chi connectivity index (χ0v) is 55.1. The van der Waals surface area contributed by atoms with Crippen LogP contribution in [0.2, 0.25) is 0 Å². The van der Waals surface area contributed by atoms with Crippen molar-refractivity contribution in [2.24, 2.45) is 0 Å². The molecule has 5 nitrogen and oxygen atoms in total. The molecule has 0 rings (SSSR count). The molecule has 0 aromatic carbocycles. The lowest BCUT2D eigenvalue weighted by atomic mass is 10.0. The minimum atomic E-state index is -0.786. The predicted octanol–water partition coefficient (Wildman–Crippen LogP) is 25.1. The molecule has 1 N–H and O–H groups in total. The third-order valence-corrected chi connectivity index (χ3v) is 15.5. The highest BCUT2D eigenvalue weighted by Crippen LogP contribution is 2.18. The molecule has 5 heteroatoms. The number of aliphatic hydroxyl groups excluding tert-OH is 1. The molecule has 0 radical (unpaired) electrons. The van der Waals surface area contributed by atoms with E-state index in [0.717, 1.165) is 116 Å². The molecule has 0 amide bonds. The quantitative estimate of drug-likeness (QED) is 0.0373. The summed E-state index contributed by atoms with van der Waals surface area (Å²) in [5.74, 6) is -0.597. The second-order valence-electron chi connectivity index (χ2n) is 23.6. The van der Waals surface area contributed by atoms with Crippen LogP contribution in [0.15, 0.2) is 134 Å². The van der Waals surface area contributed by atoms with Gasteiger partial charge < -0.3 is 14.6 Å². The van der Waals surface area contributed by atoms with E-state index in [1.165, 1.54) is 193 Å². The van der Waals surface area contributed by atoms with E-state index < -0.39 is 6.10 Å². The van der Waals surface area contributed by atoms with E-state index in [9.17, 15) is 14.7 Å². The van der Waals surface area contributed by atoms with Gasteiger partial charge in [-0.05, 0) is 96.3 Å². The molecule has 0 spiro atoms. The summed E-state index contributed by atoms with van der Waals surface area (Å²) in [5, 5.41) is 9.70. The van der Waals surface area contributed by atoms with Crippen molar-refractivity contribution >= 4 is 11.9 Å². The van der Waals surface area contributed by atoms with Gasteiger partial charge in [0, 0.05) is 12.8 Å². The number of rotatable bonds is 65. The fraction of sp³-hybridized carbons (Fsp3) is 0.696. The number of aliphatic hydroxyl groups is 1. The Kier molecular flexibility index (Phi) is 69.8. The number of carbonyl (C=O) groups is 2. The number of allylic oxidation sites excluding steroid dienone is 22. The minimum Gasteiger partial charge on any atom is -0.462 e. The van der Waals surface area contributed by atoms with E-state index >= 15 is 0 Å². The zero-order valence-electron chi connectivity index (χ0n) is 55.1. The first-order valence-electron chi connectivity index (χ1n) is 35.7. The molecule has 0 saturated heterocycles. The van der Waals surface area contributed by atoms with E-state index in [-0.39, 0.29) is 25.2 Å². The van der Waals surface area contributed by atoms with Crippen molar-refractivity contribution in [1.82, 2.24) is 0 Å². The second kappa shape index (κ2) is 73.3. The van der Waals surface area contributed by atoms with Crippen molar-refractivity contribution in [3.05, 3.63) is 134 Å². The third kappa shape index (κ3) is 70.5. The minimum absolute atomic E-state index is 0.0735. The van der Waals surface area contributed by atoms with E-state index in [1.54, 1.807) is 0 Å². The maximum absolute atomic E-state index is 12.4. The van der Waals surface area contributed by atoms with Gasteiger partial charge in [-0.2, -0.15) is 0 Å². The molecule has 0 fully saturated rings. The summed E-state index contributed by atoms with van der Waals surface area (Å²) < 4.78 is 10.8. The summed E-state index contributed by atoms with van der Waals surface area (Å²) in [7, 11) is 0. The number of unbranched alkanes of at least 4 members (excludes halogenated alkanes) is 35. The van der Waals surface area contributed by atoms with Gasteiger partial charge in [0.15, 0.2) is 6.10 Å². The highest BCUT2D eigenvalue weighted by Gasteiger charge is 2.16. The van der Waals surface area contributed by atoms with Crippen molar-refractivity contribution < 1.29 is 24.2 Å². The topological polar surface area (TPSA) is 72.8 Å². The van der Waals surface area contributed by atoms with Gasteiger partial charge in [-0.25, -0.2) is 0 Å². The van der Waals surface area contributed by atoms with E-state index in [4.69, 9.17) is 9.47 Å². The van der Waals surface area contributed by atoms with Gasteiger partial charge in [0.05, 0.1) is 6.61 Å². The van der Waals surface area contributed by atoms with Gasteiger partial charge in [-0.1, -0.05) is 359 Å². The molecule has 0 saturated carbocycles. The molecule has 1 unspecified atom stereocenters. The summed E-state index contributed by atoms with van der Waals surface area (Å²) >= 11 is 0. The van der Waals surface area contributed by atoms with Crippen molar-refractivity contribution in [3.63, 3.8) is 0 Å². The largest absolute Gasteiger partial charge is 0.462 e. The van der Waals surface area contributed by atoms with Gasteiger partial charge >= 0.3 is 11.9 Å². The van der Waals surface area contributed by atoms with Crippen LogP contribution in [-0.4, -0.2) is 36.4 Å². The number of hydrogen-bond acceptors (Lipinski definition) is 5. The Morgan fingerprint density at radius 3 is 0.774 bits per heavy atom. The molecular weight excluding hydrogens is 1030 g/mol. The van der Waals surface area contributed by atoms with Crippen LogP contribution in [0.4, 0.5) is 0 Å². The number of ether oxygens (including phenoxy) is 2. The summed E-state index contributed by atoms with van der Waals surface area (Å²) in [4.78, 5) is 24.7. The SMILES string of the molecule is CC/C=C\C/C=C\C/C=C\C/C=C\C/C=C\C/C=C\C/C=C\C/C=C\C/C=C\C/C=C\C/C=C\CCCCCCCCCC(=O)OC(CO)COC(=O)CCCCCCCCCCCCCCCCCCCCCCCCCCCCCCC. The third-order valence-electron chi connectivity index (χ3n) is 15.5. The Hall–Kier alpha value is -3.96. The average molecular weight is 1160 g/mol. The Balaban J connectivity index is 3.55. The van der Waals surface area contributed by atoms with E-state index in [1.807, 2.05) is 0 Å². The molecule has 0 heterocycles. The Bertz CT molecular complexity index is 1700. The van der Waals surface area contributed by atoms with Crippen molar-refractivity contribution in [3.8, 4) is 0 Å². The molecule has 480 valence electrons. The summed E-state index contributed by atoms with van der Waals surface area (Å²) in [5.41, 5.74) is 0. The molecule has 84 heavy (non-hydrogen) atoms. The molecule has 0 aromatic rings. The van der Waals surface area contributed by atoms with Gasteiger partial charge in [0.1, 0.15) is 6.61 Å². The highest BCUT2D eigenvalue weighted by molar-refractivity contribution is 5.70. The molecule has 0 aliphatic rings. The first-order valence-corrected chi connectivity index (χ1v) is 35.7. The lowest BCUT2D eigenvalue weighted by Gasteiger charge is -2.15. The molecular formula is C79H134O5. The van der Waals surface area contributed by atoms with Crippen molar-refractivity contribution in [1.29, 1.82) is 0 Å². The molecule has 1 atom stereocenters. The average Bonchev–Trinajstić information content (AvgIpc) is 3.51. The maximum Gasteiger partial charge on any atom is 0.306 e. The number of esters is 2. The van der Waals surface area contributed by atoms with Gasteiger partial charge in [0.25, 0.3) is 0 Å². The van der Waals surface area contributed by atoms with Crippen LogP contribution in [-0.2, 0) is 19.1 Å². The van der Waals surface area contributed by atoms with Crippen molar-refractivity contribution in [2.75, 3.05) is 13.2 Å². The van der Waals surface area contributed by atoms with Gasteiger partial charge in [0.2, 0.25) is 0 Å². The van der Waals surface area contributed by atoms with Crippen molar-refractivity contribution in [2.45, 2.75) is 341 Å². The molecule has 0 aliphatic heterocycles. The Labute approximate surface area is 521 Å². The van der Waals surface area contributed by atoms with Crippen LogP contribution in [0.3, 0.4) is 0 Å². The fourth-order valence-electron chi connectivity index (χ4n) is 10.2. The second-order valence-corrected chi connectivity index (χ2v) is 23.6. The smallest absolute Gasteiger partial charge is 0.306 e. The maximum atomic E-state index is 12.4. The predicted molar refractivity (Wildman–Crippen MR) is 371 cm³/mol. The Morgan fingerprint density at radius 2 is 0.512 bits per heavy atom. The lowest BCUT2D eigenvalue weighted by Crippen LogP contribution is -2.28. The lowest BCUT2D eigenvalue weighted by molar-refractivity contribution is -0.161. The fourth-order valence-corrected chi connectivity index (χ4v) is 10.2. The van der Waals surface area contributed by atoms with Crippen LogP contribution < -0.4 is 0 Å². The van der Waals surface area contributed by atoms with Crippen LogP contribution in [0, 0.1) is 0 Å². The van der Waals surface area contributed by atoms with E-state index in [0.29, 0.717) is 12.8 Å². The number of carbonyl (C=O) groups excluding carboxylic acids is 2. The molecule has 0 aromatic heterocycles. The van der Waals surface area contributed by atoms with Gasteiger partial charge in [-0.3, -0.25) is 9.59 Å². The van der Waals surface area contributed by atoms with Crippen LogP contribution >= 0.6 is 0 Å².